The number of thioether (sulfide) groups is 1. The quantitative estimate of drug-likeness (QED) is 0.201. The van der Waals surface area contributed by atoms with Gasteiger partial charge in [-0.1, -0.05) is 0 Å². The summed E-state index contributed by atoms with van der Waals surface area (Å²) >= 11 is 1.66. The van der Waals surface area contributed by atoms with E-state index in [4.69, 9.17) is 10.7 Å². The van der Waals surface area contributed by atoms with Crippen molar-refractivity contribution in [3.8, 4) is 0 Å². The molecule has 0 aromatic heterocycles. The van der Waals surface area contributed by atoms with Crippen LogP contribution < -0.4 is 11.1 Å². The van der Waals surface area contributed by atoms with Crippen molar-refractivity contribution < 1.29 is 9.18 Å². The molecule has 8 heteroatoms. The molecule has 0 saturated carbocycles. The molecule has 146 valence electrons. The first-order valence-electron chi connectivity index (χ1n) is 8.78. The van der Waals surface area contributed by atoms with Crippen molar-refractivity contribution in [2.24, 2.45) is 16.6 Å². The zero-order valence-corrected chi connectivity index (χ0v) is 18.3. The lowest BCUT2D eigenvalue weighted by Crippen LogP contribution is -2.47. The van der Waals surface area contributed by atoms with Gasteiger partial charge in [0, 0.05) is 36.7 Å². The van der Waals surface area contributed by atoms with Gasteiger partial charge in [0.25, 0.3) is 0 Å². The molecule has 1 amide bonds. The topological polar surface area (TPSA) is 70.7 Å². The zero-order chi connectivity index (χ0) is 18.1. The molecule has 0 bridgehead atoms. The lowest BCUT2D eigenvalue weighted by molar-refractivity contribution is -0.119. The van der Waals surface area contributed by atoms with Crippen molar-refractivity contribution in [2.75, 3.05) is 31.9 Å². The van der Waals surface area contributed by atoms with Crippen molar-refractivity contribution in [3.05, 3.63) is 30.1 Å². The Hall–Kier alpha value is -1.03. The average Bonchev–Trinajstić information content (AvgIpc) is 2.59. The molecule has 1 aromatic rings. The molecule has 1 unspecified atom stereocenters. The number of nitrogens with one attached hydrogen (secondary N) is 1. The fourth-order valence-electron chi connectivity index (χ4n) is 2.98. The number of aliphatic imine (C=N–C) groups is 1. The van der Waals surface area contributed by atoms with Crippen LogP contribution in [0.5, 0.6) is 0 Å². The Morgan fingerprint density at radius 2 is 2.15 bits per heavy atom. The smallest absolute Gasteiger partial charge is 0.217 e. The van der Waals surface area contributed by atoms with Gasteiger partial charge in [-0.25, -0.2) is 4.39 Å². The van der Waals surface area contributed by atoms with E-state index in [1.165, 1.54) is 12.1 Å². The van der Waals surface area contributed by atoms with Gasteiger partial charge in [0.05, 0.1) is 6.54 Å². The minimum atomic E-state index is -0.232. The van der Waals surface area contributed by atoms with Gasteiger partial charge in [-0.15, -0.1) is 35.7 Å². The summed E-state index contributed by atoms with van der Waals surface area (Å²) in [4.78, 5) is 19.1. The summed E-state index contributed by atoms with van der Waals surface area (Å²) in [6, 6.07) is 6.52. The summed E-state index contributed by atoms with van der Waals surface area (Å²) < 4.78 is 12.9. The molecule has 26 heavy (non-hydrogen) atoms. The molecule has 1 saturated heterocycles. The van der Waals surface area contributed by atoms with E-state index in [0.717, 1.165) is 49.1 Å². The summed E-state index contributed by atoms with van der Waals surface area (Å²) in [6.07, 6.45) is 2.53. The number of guanidine groups is 1. The summed E-state index contributed by atoms with van der Waals surface area (Å²) in [5, 5.41) is 3.33. The highest BCUT2D eigenvalue weighted by Gasteiger charge is 2.23. The third-order valence-corrected chi connectivity index (χ3v) is 5.07. The molecule has 1 heterocycles. The largest absolute Gasteiger partial charge is 0.370 e. The number of hydrogen-bond acceptors (Lipinski definition) is 3. The maximum absolute atomic E-state index is 12.9. The molecule has 0 spiro atoms. The first-order chi connectivity index (χ1) is 12.1. The summed E-state index contributed by atoms with van der Waals surface area (Å²) in [6.45, 7) is 5.31. The highest BCUT2D eigenvalue weighted by molar-refractivity contribution is 14.0. The van der Waals surface area contributed by atoms with E-state index < -0.39 is 0 Å². The minimum absolute atomic E-state index is 0. The Morgan fingerprint density at radius 3 is 2.81 bits per heavy atom. The molecule has 1 atom stereocenters. The maximum Gasteiger partial charge on any atom is 0.217 e. The average molecular weight is 494 g/mol. The highest BCUT2D eigenvalue weighted by Crippen LogP contribution is 2.20. The van der Waals surface area contributed by atoms with Gasteiger partial charge >= 0.3 is 0 Å². The van der Waals surface area contributed by atoms with Crippen LogP contribution >= 0.6 is 35.7 Å². The summed E-state index contributed by atoms with van der Waals surface area (Å²) in [7, 11) is 0. The lowest BCUT2D eigenvalue weighted by atomic mass is 9.95. The van der Waals surface area contributed by atoms with E-state index in [-0.39, 0.29) is 35.7 Å². The number of benzene rings is 1. The SMILES string of the molecule is CCNC(=NCCSc1ccc(F)cc1)N1CCCC(CC(N)=O)C1.I. The van der Waals surface area contributed by atoms with E-state index in [1.807, 2.05) is 6.92 Å². The first-order valence-corrected chi connectivity index (χ1v) is 9.77. The van der Waals surface area contributed by atoms with Gasteiger partial charge in [-0.2, -0.15) is 0 Å². The third kappa shape index (κ3) is 8.11. The standard InChI is InChI=1S/C18H27FN4OS.HI/c1-2-21-18(23-10-3-4-14(13-23)12-17(20)24)22-9-11-25-16-7-5-15(19)6-8-16;/h5-8,14H,2-4,9-13H2,1H3,(H2,20,24)(H,21,22);1H. The number of carbonyl (C=O) groups is 1. The van der Waals surface area contributed by atoms with Crippen molar-refractivity contribution in [2.45, 2.75) is 31.1 Å². The van der Waals surface area contributed by atoms with E-state index >= 15 is 0 Å². The molecule has 1 aromatic carbocycles. The van der Waals surface area contributed by atoms with Gasteiger partial charge in [-0.05, 0) is 49.9 Å². The van der Waals surface area contributed by atoms with Crippen LogP contribution in [-0.2, 0) is 4.79 Å². The van der Waals surface area contributed by atoms with E-state index in [0.29, 0.717) is 18.9 Å². The Morgan fingerprint density at radius 1 is 1.42 bits per heavy atom. The van der Waals surface area contributed by atoms with Crippen molar-refractivity contribution in [3.63, 3.8) is 0 Å². The predicted molar refractivity (Wildman–Crippen MR) is 117 cm³/mol. The Bertz CT molecular complexity index is 585. The van der Waals surface area contributed by atoms with Gasteiger partial charge in [0.15, 0.2) is 5.96 Å². The summed E-state index contributed by atoms with van der Waals surface area (Å²) in [5.74, 6) is 1.59. The molecular weight excluding hydrogens is 466 g/mol. The molecule has 1 aliphatic rings. The molecule has 1 fully saturated rings. The number of carbonyl (C=O) groups excluding carboxylic acids is 1. The normalized spacial score (nSPS) is 17.5. The number of likely N-dealkylation sites (tertiary alicyclic amines) is 1. The van der Waals surface area contributed by atoms with Crippen molar-refractivity contribution in [1.29, 1.82) is 0 Å². The fourth-order valence-corrected chi connectivity index (χ4v) is 3.73. The van der Waals surface area contributed by atoms with Crippen LogP contribution in [0.1, 0.15) is 26.2 Å². The monoisotopic (exact) mass is 494 g/mol. The molecule has 3 N–H and O–H groups in total. The van der Waals surface area contributed by atoms with Gasteiger partial charge in [0.1, 0.15) is 5.82 Å². The molecule has 1 aliphatic heterocycles. The van der Waals surface area contributed by atoms with Crippen LogP contribution in [0.25, 0.3) is 0 Å². The number of rotatable bonds is 7. The van der Waals surface area contributed by atoms with Gasteiger partial charge in [-0.3, -0.25) is 9.79 Å². The molecule has 2 rings (SSSR count). The van der Waals surface area contributed by atoms with Crippen LogP contribution in [-0.4, -0.2) is 48.7 Å². The lowest BCUT2D eigenvalue weighted by Gasteiger charge is -2.34. The van der Waals surface area contributed by atoms with Gasteiger partial charge in [0.2, 0.25) is 5.91 Å². The second-order valence-corrected chi connectivity index (χ2v) is 7.33. The number of nitrogens with zero attached hydrogens (tertiary/aromatic N) is 2. The van der Waals surface area contributed by atoms with Crippen LogP contribution in [0, 0.1) is 11.7 Å². The third-order valence-electron chi connectivity index (χ3n) is 4.08. The second kappa shape index (κ2) is 12.4. The molecule has 0 radical (unpaired) electrons. The fraction of sp³-hybridized carbons (Fsp3) is 0.556. The Balaban J connectivity index is 0.00000338. The second-order valence-electron chi connectivity index (χ2n) is 6.16. The van der Waals surface area contributed by atoms with Gasteiger partial charge < -0.3 is 16.0 Å². The van der Waals surface area contributed by atoms with Crippen LogP contribution in [0.4, 0.5) is 4.39 Å². The predicted octanol–water partition coefficient (Wildman–Crippen LogP) is 3.09. The number of amides is 1. The first kappa shape index (κ1) is 23.0. The highest BCUT2D eigenvalue weighted by atomic mass is 127. The van der Waals surface area contributed by atoms with Crippen LogP contribution in [0.15, 0.2) is 34.2 Å². The number of hydrogen-bond donors (Lipinski definition) is 2. The van der Waals surface area contributed by atoms with E-state index in [2.05, 4.69) is 10.2 Å². The van der Waals surface area contributed by atoms with Crippen LogP contribution in [0.2, 0.25) is 0 Å². The van der Waals surface area contributed by atoms with E-state index in [1.54, 1.807) is 23.9 Å². The van der Waals surface area contributed by atoms with Crippen LogP contribution in [0.3, 0.4) is 0 Å². The number of primary amides is 1. The number of nitrogens with two attached hydrogens (primary N) is 1. The minimum Gasteiger partial charge on any atom is -0.370 e. The molecular formula is C18H28FIN4OS. The number of piperidine rings is 1. The zero-order valence-electron chi connectivity index (χ0n) is 15.1. The Kier molecular flexibility index (Phi) is 11.0. The molecule has 5 nitrogen and oxygen atoms in total. The van der Waals surface area contributed by atoms with Crippen molar-refractivity contribution in [1.82, 2.24) is 10.2 Å². The Labute approximate surface area is 176 Å². The summed E-state index contributed by atoms with van der Waals surface area (Å²) in [5.41, 5.74) is 5.34. The maximum atomic E-state index is 12.9. The number of halogens is 2. The van der Waals surface area contributed by atoms with E-state index in [9.17, 15) is 9.18 Å². The van der Waals surface area contributed by atoms with Crippen molar-refractivity contribution >= 4 is 47.6 Å². The molecule has 0 aliphatic carbocycles.